The minimum absolute atomic E-state index is 0.193. The Labute approximate surface area is 130 Å². The van der Waals surface area contributed by atoms with Crippen molar-refractivity contribution in [3.05, 3.63) is 35.8 Å². The first-order valence-electron chi connectivity index (χ1n) is 7.41. The van der Waals surface area contributed by atoms with Crippen LogP contribution in [0.25, 0.3) is 5.65 Å². The van der Waals surface area contributed by atoms with Crippen LogP contribution in [0, 0.1) is 6.92 Å². The van der Waals surface area contributed by atoms with Crippen LogP contribution in [-0.2, 0) is 6.42 Å². The number of fused-ring (bicyclic) bond motifs is 1. The number of urea groups is 1. The number of aryl methyl sites for hydroxylation is 1. The molecule has 2 N–H and O–H groups in total. The summed E-state index contributed by atoms with van der Waals surface area (Å²) in [6, 6.07) is 3.82. The topological polar surface area (TPSA) is 69.9 Å². The summed E-state index contributed by atoms with van der Waals surface area (Å²) in [4.78, 5) is 18.0. The first-order chi connectivity index (χ1) is 10.3. The number of rotatable bonds is 5. The van der Waals surface area contributed by atoms with Crippen LogP contribution >= 0.6 is 0 Å². The van der Waals surface area contributed by atoms with Crippen LogP contribution in [-0.4, -0.2) is 51.2 Å². The highest BCUT2D eigenvalue weighted by Crippen LogP contribution is 2.10. The van der Waals surface area contributed by atoms with Gasteiger partial charge in [0.05, 0.1) is 17.8 Å². The van der Waals surface area contributed by atoms with Gasteiger partial charge in [0.1, 0.15) is 5.65 Å². The molecule has 0 atom stereocenters. The number of hydrogen-bond acceptors (Lipinski definition) is 3. The van der Waals surface area contributed by atoms with Crippen molar-refractivity contribution < 1.29 is 9.90 Å². The molecule has 2 amide bonds. The van der Waals surface area contributed by atoms with Gasteiger partial charge in [-0.05, 0) is 32.4 Å². The largest absolute Gasteiger partial charge is 0.389 e. The van der Waals surface area contributed by atoms with Crippen LogP contribution < -0.4 is 5.32 Å². The SMILES string of the molecule is Cc1cccn2cc(CCNC(=O)N(C)CC(C)(C)O)nc12. The lowest BCUT2D eigenvalue weighted by atomic mass is 10.1. The van der Waals surface area contributed by atoms with Gasteiger partial charge in [-0.1, -0.05) is 6.07 Å². The lowest BCUT2D eigenvalue weighted by Gasteiger charge is -2.25. The average Bonchev–Trinajstić information content (AvgIpc) is 2.81. The van der Waals surface area contributed by atoms with Crippen LogP contribution in [0.2, 0.25) is 0 Å². The molecule has 0 aliphatic carbocycles. The second kappa shape index (κ2) is 6.36. The summed E-state index contributed by atoms with van der Waals surface area (Å²) < 4.78 is 1.99. The third kappa shape index (κ3) is 4.21. The summed E-state index contributed by atoms with van der Waals surface area (Å²) in [6.07, 6.45) is 4.62. The van der Waals surface area contributed by atoms with Gasteiger partial charge in [0.25, 0.3) is 0 Å². The Morgan fingerprint density at radius 3 is 2.86 bits per heavy atom. The molecule has 22 heavy (non-hydrogen) atoms. The molecule has 120 valence electrons. The summed E-state index contributed by atoms with van der Waals surface area (Å²) in [7, 11) is 1.67. The Hall–Kier alpha value is -2.08. The molecule has 6 heteroatoms. The number of amides is 2. The van der Waals surface area contributed by atoms with Gasteiger partial charge in [0.15, 0.2) is 0 Å². The summed E-state index contributed by atoms with van der Waals surface area (Å²) in [6.45, 7) is 6.18. The Morgan fingerprint density at radius 2 is 2.23 bits per heavy atom. The fourth-order valence-electron chi connectivity index (χ4n) is 2.41. The van der Waals surface area contributed by atoms with E-state index in [1.807, 2.05) is 35.9 Å². The van der Waals surface area contributed by atoms with E-state index >= 15 is 0 Å². The number of pyridine rings is 1. The predicted molar refractivity (Wildman–Crippen MR) is 86.0 cm³/mol. The van der Waals surface area contributed by atoms with Gasteiger partial charge in [-0.2, -0.15) is 0 Å². The molecule has 0 aromatic carbocycles. The Balaban J connectivity index is 1.87. The molecule has 2 heterocycles. The molecule has 6 nitrogen and oxygen atoms in total. The highest BCUT2D eigenvalue weighted by atomic mass is 16.3. The quantitative estimate of drug-likeness (QED) is 0.881. The van der Waals surface area contributed by atoms with Crippen molar-refractivity contribution in [2.24, 2.45) is 0 Å². The van der Waals surface area contributed by atoms with Crippen molar-refractivity contribution in [1.82, 2.24) is 19.6 Å². The minimum atomic E-state index is -0.898. The van der Waals surface area contributed by atoms with Gasteiger partial charge >= 0.3 is 6.03 Å². The van der Waals surface area contributed by atoms with Crippen molar-refractivity contribution in [3.63, 3.8) is 0 Å². The molecule has 0 saturated heterocycles. The van der Waals surface area contributed by atoms with Crippen LogP contribution in [0.1, 0.15) is 25.1 Å². The van der Waals surface area contributed by atoms with Gasteiger partial charge in [-0.3, -0.25) is 0 Å². The number of carbonyl (C=O) groups excluding carboxylic acids is 1. The first kappa shape index (κ1) is 16.3. The molecule has 0 aliphatic rings. The van der Waals surface area contributed by atoms with E-state index in [4.69, 9.17) is 0 Å². The Morgan fingerprint density at radius 1 is 1.50 bits per heavy atom. The van der Waals surface area contributed by atoms with Crippen LogP contribution in [0.5, 0.6) is 0 Å². The molecule has 2 aromatic heterocycles. The highest BCUT2D eigenvalue weighted by molar-refractivity contribution is 5.73. The molecule has 0 unspecified atom stereocenters. The maximum absolute atomic E-state index is 11.9. The Bertz CT molecular complexity index is 658. The zero-order chi connectivity index (χ0) is 16.3. The average molecular weight is 304 g/mol. The number of likely N-dealkylation sites (N-methyl/N-ethyl adjacent to an activating group) is 1. The standard InChI is InChI=1S/C16H24N4O2/c1-12-6-5-9-20-10-13(18-14(12)20)7-8-17-15(21)19(4)11-16(2,3)22/h5-6,9-10,22H,7-8,11H2,1-4H3,(H,17,21). The van der Waals surface area contributed by atoms with Crippen molar-refractivity contribution >= 4 is 11.7 Å². The molecule has 0 saturated carbocycles. The molecule has 0 aliphatic heterocycles. The van der Waals surface area contributed by atoms with Crippen molar-refractivity contribution in [2.75, 3.05) is 20.1 Å². The number of imidazole rings is 1. The minimum Gasteiger partial charge on any atom is -0.389 e. The molecule has 0 spiro atoms. The molecular weight excluding hydrogens is 280 g/mol. The van der Waals surface area contributed by atoms with Crippen LogP contribution in [0.3, 0.4) is 0 Å². The van der Waals surface area contributed by atoms with E-state index in [9.17, 15) is 9.90 Å². The molecule has 2 rings (SSSR count). The van der Waals surface area contributed by atoms with Gasteiger partial charge in [0.2, 0.25) is 0 Å². The van der Waals surface area contributed by atoms with E-state index in [1.165, 1.54) is 4.90 Å². The third-order valence-corrected chi connectivity index (χ3v) is 3.36. The zero-order valence-electron chi connectivity index (χ0n) is 13.6. The van der Waals surface area contributed by atoms with Crippen LogP contribution in [0.4, 0.5) is 4.79 Å². The lowest BCUT2D eigenvalue weighted by molar-refractivity contribution is 0.0532. The lowest BCUT2D eigenvalue weighted by Crippen LogP contribution is -2.45. The highest BCUT2D eigenvalue weighted by Gasteiger charge is 2.18. The fourth-order valence-corrected chi connectivity index (χ4v) is 2.41. The molecular formula is C16H24N4O2. The summed E-state index contributed by atoms with van der Waals surface area (Å²) in [5, 5.41) is 12.6. The van der Waals surface area contributed by atoms with E-state index in [2.05, 4.69) is 10.3 Å². The zero-order valence-corrected chi connectivity index (χ0v) is 13.6. The van der Waals surface area contributed by atoms with E-state index in [0.717, 1.165) is 16.9 Å². The van der Waals surface area contributed by atoms with E-state index in [1.54, 1.807) is 20.9 Å². The number of hydrogen-bond donors (Lipinski definition) is 2. The number of aliphatic hydroxyl groups is 1. The summed E-state index contributed by atoms with van der Waals surface area (Å²) in [5.41, 5.74) is 2.12. The molecule has 2 aromatic rings. The summed E-state index contributed by atoms with van der Waals surface area (Å²) >= 11 is 0. The third-order valence-electron chi connectivity index (χ3n) is 3.36. The number of carbonyl (C=O) groups is 1. The second-order valence-electron chi connectivity index (χ2n) is 6.30. The first-order valence-corrected chi connectivity index (χ1v) is 7.41. The number of aromatic nitrogens is 2. The molecule has 0 bridgehead atoms. The van der Waals surface area contributed by atoms with E-state index in [-0.39, 0.29) is 12.6 Å². The van der Waals surface area contributed by atoms with E-state index < -0.39 is 5.60 Å². The maximum atomic E-state index is 11.9. The van der Waals surface area contributed by atoms with E-state index in [0.29, 0.717) is 13.0 Å². The van der Waals surface area contributed by atoms with Crippen molar-refractivity contribution in [2.45, 2.75) is 32.8 Å². The van der Waals surface area contributed by atoms with Crippen LogP contribution in [0.15, 0.2) is 24.5 Å². The normalized spacial score (nSPS) is 11.7. The monoisotopic (exact) mass is 304 g/mol. The van der Waals surface area contributed by atoms with Gasteiger partial charge in [0, 0.05) is 32.4 Å². The maximum Gasteiger partial charge on any atom is 0.317 e. The van der Waals surface area contributed by atoms with Gasteiger partial charge in [-0.25, -0.2) is 9.78 Å². The van der Waals surface area contributed by atoms with Crippen molar-refractivity contribution in [1.29, 1.82) is 0 Å². The Kier molecular flexibility index (Phi) is 4.71. The number of nitrogens with one attached hydrogen (secondary N) is 1. The fraction of sp³-hybridized carbons (Fsp3) is 0.500. The second-order valence-corrected chi connectivity index (χ2v) is 6.30. The van der Waals surface area contributed by atoms with Gasteiger partial charge in [-0.15, -0.1) is 0 Å². The predicted octanol–water partition coefficient (Wildman–Crippen LogP) is 1.60. The van der Waals surface area contributed by atoms with Gasteiger partial charge < -0.3 is 19.7 Å². The molecule has 0 fully saturated rings. The van der Waals surface area contributed by atoms with Crippen molar-refractivity contribution in [3.8, 4) is 0 Å². The summed E-state index contributed by atoms with van der Waals surface area (Å²) in [5.74, 6) is 0. The molecule has 0 radical (unpaired) electrons. The smallest absolute Gasteiger partial charge is 0.317 e. The number of nitrogens with zero attached hydrogens (tertiary/aromatic N) is 3.